The first kappa shape index (κ1) is 36.0. The van der Waals surface area contributed by atoms with Crippen molar-refractivity contribution in [2.45, 2.75) is 0 Å². The van der Waals surface area contributed by atoms with E-state index < -0.39 is 0 Å². The summed E-state index contributed by atoms with van der Waals surface area (Å²) in [6.07, 6.45) is 3.54. The van der Waals surface area contributed by atoms with Crippen molar-refractivity contribution in [3.63, 3.8) is 0 Å². The minimum absolute atomic E-state index is 0. The van der Waals surface area contributed by atoms with E-state index in [0.717, 1.165) is 11.4 Å². The van der Waals surface area contributed by atoms with Crippen molar-refractivity contribution in [1.82, 2.24) is 9.97 Å². The van der Waals surface area contributed by atoms with E-state index in [4.69, 9.17) is 0 Å². The summed E-state index contributed by atoms with van der Waals surface area (Å²) in [5.74, 6) is 0. The molecule has 2 aromatic rings. The number of hydrogen-bond acceptors (Lipinski definition) is 2. The monoisotopic (exact) mass is 300 g/mol. The predicted molar refractivity (Wildman–Crippen MR) is 76.4 cm³/mol. The van der Waals surface area contributed by atoms with Crippen LogP contribution in [-0.4, -0.2) is 42.8 Å². The van der Waals surface area contributed by atoms with Crippen LogP contribution in [-0.2, 0) is 0 Å². The minimum Gasteiger partial charge on any atom is -0.412 e. The van der Waals surface area contributed by atoms with Crippen LogP contribution in [0, 0.1) is 0 Å². The van der Waals surface area contributed by atoms with Gasteiger partial charge in [0.1, 0.15) is 0 Å². The molecule has 2 heterocycles. The topological polar surface area (TPSA) is 215 Å². The lowest BCUT2D eigenvalue weighted by Gasteiger charge is -1.96. The minimum atomic E-state index is 0. The van der Waals surface area contributed by atoms with Gasteiger partial charge in [-0.1, -0.05) is 12.1 Å². The van der Waals surface area contributed by atoms with Gasteiger partial charge in [-0.15, -0.1) is 12.4 Å². The molecule has 19 heavy (non-hydrogen) atoms. The van der Waals surface area contributed by atoms with Crippen molar-refractivity contribution in [2.24, 2.45) is 0 Å². The second-order valence-corrected chi connectivity index (χ2v) is 2.43. The number of hydrogen-bond donors (Lipinski definition) is 0. The van der Waals surface area contributed by atoms with Gasteiger partial charge in [-0.25, -0.2) is 0 Å². The van der Waals surface area contributed by atoms with Crippen LogP contribution < -0.4 is 0 Å². The zero-order chi connectivity index (χ0) is 8.23. The molecular weight excluding hydrogens is 280 g/mol. The highest BCUT2D eigenvalue weighted by atomic mass is 35.5. The van der Waals surface area contributed by atoms with Crippen LogP contribution in [0.25, 0.3) is 11.4 Å². The summed E-state index contributed by atoms with van der Waals surface area (Å²) in [7, 11) is 0. The van der Waals surface area contributed by atoms with Gasteiger partial charge in [0.2, 0.25) is 0 Å². The third kappa shape index (κ3) is 10.00. The lowest BCUT2D eigenvalue weighted by atomic mass is 10.2. The summed E-state index contributed by atoms with van der Waals surface area (Å²) in [6, 6.07) is 11.6. The van der Waals surface area contributed by atoms with Gasteiger partial charge in [-0.3, -0.25) is 9.97 Å². The Bertz CT molecular complexity index is 327. The largest absolute Gasteiger partial charge is 0.412 e. The fourth-order valence-electron chi connectivity index (χ4n) is 1.03. The molecule has 0 aromatic carbocycles. The molecule has 0 aliphatic heterocycles. The Morgan fingerprint density at radius 3 is 1.05 bits per heavy atom. The lowest BCUT2D eigenvalue weighted by Crippen LogP contribution is -1.83. The highest BCUT2D eigenvalue weighted by Crippen LogP contribution is 2.10. The van der Waals surface area contributed by atoms with Crippen LogP contribution in [0.15, 0.2) is 48.8 Å². The molecule has 9 heteroatoms. The molecule has 8 nitrogen and oxygen atoms in total. The van der Waals surface area contributed by atoms with E-state index in [2.05, 4.69) is 9.97 Å². The summed E-state index contributed by atoms with van der Waals surface area (Å²) in [5, 5.41) is 0. The van der Waals surface area contributed by atoms with Gasteiger partial charge in [-0.05, 0) is 24.3 Å². The molecule has 0 unspecified atom stereocenters. The Labute approximate surface area is 116 Å². The van der Waals surface area contributed by atoms with Gasteiger partial charge in [0.15, 0.2) is 0 Å². The molecule has 0 saturated heterocycles. The van der Waals surface area contributed by atoms with Crippen LogP contribution in [0.2, 0.25) is 0 Å². The molecule has 0 saturated carbocycles. The summed E-state index contributed by atoms with van der Waals surface area (Å²) in [5.41, 5.74) is 1.83. The van der Waals surface area contributed by atoms with E-state index in [0.29, 0.717) is 0 Å². The molecule has 0 atom stereocenters. The molecule has 12 N–H and O–H groups in total. The van der Waals surface area contributed by atoms with E-state index in [-0.39, 0.29) is 45.3 Å². The number of aromatic nitrogens is 2. The maximum Gasteiger partial charge on any atom is 0.0886 e. The standard InChI is InChI=1S/C10H8N2.ClH.6H2O/c1-3-7-11-9(5-1)10-6-2-4-8-12-10;;;;;;;/h1-8H;1H;6*1H2. The number of halogens is 1. The Hall–Kier alpha value is -1.65. The fourth-order valence-corrected chi connectivity index (χ4v) is 1.03. The van der Waals surface area contributed by atoms with Crippen LogP contribution >= 0.6 is 12.4 Å². The van der Waals surface area contributed by atoms with E-state index in [1.165, 1.54) is 0 Å². The smallest absolute Gasteiger partial charge is 0.0886 e. The molecule has 0 bridgehead atoms. The molecule has 2 aromatic heterocycles. The molecule has 0 fully saturated rings. The average Bonchev–Trinajstić information content (AvgIpc) is 2.21. The molecular formula is C10H21ClN2O6. The van der Waals surface area contributed by atoms with Crippen molar-refractivity contribution < 1.29 is 32.9 Å². The third-order valence-electron chi connectivity index (χ3n) is 1.59. The van der Waals surface area contributed by atoms with Gasteiger partial charge in [0.25, 0.3) is 0 Å². The van der Waals surface area contributed by atoms with Crippen LogP contribution in [0.4, 0.5) is 0 Å². The molecule has 0 aliphatic rings. The van der Waals surface area contributed by atoms with Gasteiger partial charge in [0, 0.05) is 12.4 Å². The van der Waals surface area contributed by atoms with Crippen molar-refractivity contribution in [2.75, 3.05) is 0 Å². The van der Waals surface area contributed by atoms with Gasteiger partial charge in [-0.2, -0.15) is 0 Å². The quantitative estimate of drug-likeness (QED) is 0.563. The normalized spacial score (nSPS) is 6.11. The first-order chi connectivity index (χ1) is 5.97. The van der Waals surface area contributed by atoms with Crippen LogP contribution in [0.1, 0.15) is 0 Å². The zero-order valence-corrected chi connectivity index (χ0v) is 10.7. The van der Waals surface area contributed by atoms with Crippen LogP contribution in [0.5, 0.6) is 0 Å². The summed E-state index contributed by atoms with van der Waals surface area (Å²) < 4.78 is 0. The van der Waals surface area contributed by atoms with Gasteiger partial charge in [0.05, 0.1) is 11.4 Å². The molecule has 114 valence electrons. The van der Waals surface area contributed by atoms with Crippen LogP contribution in [0.3, 0.4) is 0 Å². The first-order valence-corrected chi connectivity index (χ1v) is 3.79. The van der Waals surface area contributed by atoms with E-state index in [1.807, 2.05) is 36.4 Å². The second kappa shape index (κ2) is 18.7. The van der Waals surface area contributed by atoms with Crippen molar-refractivity contribution in [3.05, 3.63) is 48.8 Å². The zero-order valence-electron chi connectivity index (χ0n) is 9.92. The Kier molecular flexibility index (Phi) is 35.5. The molecule has 0 radical (unpaired) electrons. The van der Waals surface area contributed by atoms with E-state index >= 15 is 0 Å². The summed E-state index contributed by atoms with van der Waals surface area (Å²) >= 11 is 0. The van der Waals surface area contributed by atoms with E-state index in [1.54, 1.807) is 12.4 Å². The maximum atomic E-state index is 4.19. The highest BCUT2D eigenvalue weighted by Gasteiger charge is 1.95. The molecule has 0 spiro atoms. The van der Waals surface area contributed by atoms with Crippen molar-refractivity contribution in [3.8, 4) is 11.4 Å². The Morgan fingerprint density at radius 2 is 0.842 bits per heavy atom. The highest BCUT2D eigenvalue weighted by molar-refractivity contribution is 5.85. The average molecular weight is 301 g/mol. The predicted octanol–water partition coefficient (Wildman–Crippen LogP) is -2.38. The first-order valence-electron chi connectivity index (χ1n) is 3.79. The molecule has 2 rings (SSSR count). The SMILES string of the molecule is Cl.O.O.O.O.O.O.c1ccc(-c2ccccn2)nc1. The van der Waals surface area contributed by atoms with Crippen molar-refractivity contribution >= 4 is 12.4 Å². The van der Waals surface area contributed by atoms with Gasteiger partial charge >= 0.3 is 0 Å². The Balaban J connectivity index is -0.0000000604. The van der Waals surface area contributed by atoms with Gasteiger partial charge < -0.3 is 32.9 Å². The van der Waals surface area contributed by atoms with E-state index in [9.17, 15) is 0 Å². The molecule has 0 aliphatic carbocycles. The molecule has 0 amide bonds. The number of rotatable bonds is 1. The summed E-state index contributed by atoms with van der Waals surface area (Å²) in [6.45, 7) is 0. The summed E-state index contributed by atoms with van der Waals surface area (Å²) in [4.78, 5) is 8.37. The maximum absolute atomic E-state index is 4.19. The fraction of sp³-hybridized carbons (Fsp3) is 0. The second-order valence-electron chi connectivity index (χ2n) is 2.43. The van der Waals surface area contributed by atoms with Crippen molar-refractivity contribution in [1.29, 1.82) is 0 Å². The third-order valence-corrected chi connectivity index (χ3v) is 1.59. The number of pyridine rings is 2. The number of nitrogens with zero attached hydrogens (tertiary/aromatic N) is 2. The Morgan fingerprint density at radius 1 is 0.526 bits per heavy atom. The lowest BCUT2D eigenvalue weighted by molar-refractivity contribution is 0.823.